The van der Waals surface area contributed by atoms with Gasteiger partial charge in [0.1, 0.15) is 22.5 Å². The Balaban J connectivity index is 1.97. The van der Waals surface area contributed by atoms with Crippen molar-refractivity contribution in [3.63, 3.8) is 0 Å². The fourth-order valence-electron chi connectivity index (χ4n) is 3.26. The minimum absolute atomic E-state index is 0.0411. The van der Waals surface area contributed by atoms with Crippen molar-refractivity contribution in [3.05, 3.63) is 70.4 Å². The van der Waals surface area contributed by atoms with Gasteiger partial charge in [-0.15, -0.1) is 0 Å². The molecular weight excluding hydrogens is 314 g/mol. The maximum Gasteiger partial charge on any atom is 0.197 e. The van der Waals surface area contributed by atoms with Gasteiger partial charge in [0.15, 0.2) is 5.43 Å². The van der Waals surface area contributed by atoms with E-state index in [1.807, 2.05) is 36.4 Å². The van der Waals surface area contributed by atoms with Gasteiger partial charge < -0.3 is 14.4 Å². The molecule has 126 valence electrons. The van der Waals surface area contributed by atoms with E-state index < -0.39 is 0 Å². The van der Waals surface area contributed by atoms with E-state index in [1.54, 1.807) is 6.07 Å². The molecule has 0 radical (unpaired) electrons. The van der Waals surface area contributed by atoms with Crippen LogP contribution in [0.25, 0.3) is 27.9 Å². The summed E-state index contributed by atoms with van der Waals surface area (Å²) in [5, 5.41) is 10.4. The van der Waals surface area contributed by atoms with Gasteiger partial charge in [0.2, 0.25) is 0 Å². The Labute approximate surface area is 145 Å². The van der Waals surface area contributed by atoms with Crippen LogP contribution in [0.3, 0.4) is 0 Å². The lowest BCUT2D eigenvalue weighted by Crippen LogP contribution is -2.23. The average Bonchev–Trinajstić information content (AvgIpc) is 2.63. The monoisotopic (exact) mass is 333 g/mol. The maximum absolute atomic E-state index is 12.6. The van der Waals surface area contributed by atoms with Gasteiger partial charge in [-0.05, 0) is 31.2 Å². The predicted molar refractivity (Wildman–Crippen MR) is 99.7 cm³/mol. The molecule has 1 aromatic heterocycles. The van der Waals surface area contributed by atoms with Crippen LogP contribution < -0.4 is 5.43 Å². The lowest BCUT2D eigenvalue weighted by Gasteiger charge is -2.22. The summed E-state index contributed by atoms with van der Waals surface area (Å²) in [5.41, 5.74) is 3.11. The topological polar surface area (TPSA) is 53.7 Å². The number of nitrogens with zero attached hydrogens (tertiary/aromatic N) is 1. The number of rotatable bonds is 2. The van der Waals surface area contributed by atoms with Crippen molar-refractivity contribution in [1.82, 2.24) is 4.90 Å². The van der Waals surface area contributed by atoms with Crippen LogP contribution in [-0.2, 0) is 0 Å². The molecule has 4 nitrogen and oxygen atoms in total. The maximum atomic E-state index is 12.6. The van der Waals surface area contributed by atoms with E-state index in [9.17, 15) is 9.90 Å². The first-order valence-corrected chi connectivity index (χ1v) is 8.36. The number of hydrogen-bond acceptors (Lipinski definition) is 4. The molecule has 0 aliphatic carbocycles. The van der Waals surface area contributed by atoms with E-state index >= 15 is 0 Å². The summed E-state index contributed by atoms with van der Waals surface area (Å²) in [6.07, 6.45) is 3.04. The SMILES string of the molecule is CN1CC=C(c2ccc(O)c3c(=O)cc(-c4ccccc4)oc23)CC1. The predicted octanol–water partition coefficient (Wildman–Crippen LogP) is 3.88. The van der Waals surface area contributed by atoms with Crippen LogP contribution in [0.2, 0.25) is 0 Å². The third-order valence-corrected chi connectivity index (χ3v) is 4.67. The van der Waals surface area contributed by atoms with Crippen LogP contribution in [0.15, 0.2) is 63.8 Å². The van der Waals surface area contributed by atoms with Crippen molar-refractivity contribution < 1.29 is 9.52 Å². The fraction of sp³-hybridized carbons (Fsp3) is 0.190. The quantitative estimate of drug-likeness (QED) is 0.773. The number of phenols is 1. The second-order valence-electron chi connectivity index (χ2n) is 6.42. The van der Waals surface area contributed by atoms with Crippen molar-refractivity contribution in [3.8, 4) is 17.1 Å². The van der Waals surface area contributed by atoms with Gasteiger partial charge in [-0.25, -0.2) is 0 Å². The highest BCUT2D eigenvalue weighted by atomic mass is 16.3. The minimum Gasteiger partial charge on any atom is -0.507 e. The molecule has 0 bridgehead atoms. The Bertz CT molecular complexity index is 1020. The molecule has 2 heterocycles. The zero-order valence-corrected chi connectivity index (χ0v) is 14.0. The Morgan fingerprint density at radius 2 is 1.92 bits per heavy atom. The van der Waals surface area contributed by atoms with Crippen molar-refractivity contribution in [1.29, 1.82) is 0 Å². The number of likely N-dealkylation sites (N-methyl/N-ethyl adjacent to an activating group) is 1. The summed E-state index contributed by atoms with van der Waals surface area (Å²) in [4.78, 5) is 14.9. The number of phenolic OH excluding ortho intramolecular Hbond substituents is 1. The molecule has 3 aromatic rings. The Kier molecular flexibility index (Phi) is 3.90. The van der Waals surface area contributed by atoms with Crippen molar-refractivity contribution in [2.75, 3.05) is 20.1 Å². The molecule has 2 aromatic carbocycles. The highest BCUT2D eigenvalue weighted by Gasteiger charge is 2.18. The Hall–Kier alpha value is -2.85. The standard InChI is InChI=1S/C21H19NO3/c1-22-11-9-14(10-12-22)16-7-8-17(23)20-18(24)13-19(25-21(16)20)15-5-3-2-4-6-15/h2-9,13,23H,10-12H2,1H3. The molecule has 0 saturated carbocycles. The van der Waals surface area contributed by atoms with Crippen LogP contribution in [-0.4, -0.2) is 30.1 Å². The first-order chi connectivity index (χ1) is 12.1. The molecule has 1 N–H and O–H groups in total. The fourth-order valence-corrected chi connectivity index (χ4v) is 3.26. The van der Waals surface area contributed by atoms with Gasteiger partial charge in [0, 0.05) is 30.3 Å². The second-order valence-corrected chi connectivity index (χ2v) is 6.42. The highest BCUT2D eigenvalue weighted by Crippen LogP contribution is 2.34. The summed E-state index contributed by atoms with van der Waals surface area (Å²) in [6, 6.07) is 14.4. The second kappa shape index (κ2) is 6.22. The number of benzene rings is 2. The van der Waals surface area contributed by atoms with Gasteiger partial charge in [-0.2, -0.15) is 0 Å². The molecule has 0 unspecified atom stereocenters. The van der Waals surface area contributed by atoms with E-state index in [4.69, 9.17) is 4.42 Å². The molecule has 0 saturated heterocycles. The zero-order chi connectivity index (χ0) is 17.4. The van der Waals surface area contributed by atoms with E-state index in [0.29, 0.717) is 11.3 Å². The smallest absolute Gasteiger partial charge is 0.197 e. The van der Waals surface area contributed by atoms with Crippen LogP contribution in [0.4, 0.5) is 0 Å². The van der Waals surface area contributed by atoms with Crippen LogP contribution in [0, 0.1) is 0 Å². The van der Waals surface area contributed by atoms with Gasteiger partial charge in [-0.3, -0.25) is 4.79 Å². The molecular formula is C21H19NO3. The van der Waals surface area contributed by atoms with Gasteiger partial charge in [0.25, 0.3) is 0 Å². The molecule has 1 aliphatic heterocycles. The summed E-state index contributed by atoms with van der Waals surface area (Å²) >= 11 is 0. The Morgan fingerprint density at radius 1 is 1.12 bits per heavy atom. The van der Waals surface area contributed by atoms with Crippen molar-refractivity contribution >= 4 is 16.5 Å². The first kappa shape index (κ1) is 15.7. The molecule has 1 aliphatic rings. The molecule has 0 spiro atoms. The molecule has 0 atom stereocenters. The minimum atomic E-state index is -0.229. The summed E-state index contributed by atoms with van der Waals surface area (Å²) in [5.74, 6) is 0.471. The summed E-state index contributed by atoms with van der Waals surface area (Å²) in [7, 11) is 2.08. The van der Waals surface area contributed by atoms with Crippen LogP contribution >= 0.6 is 0 Å². The van der Waals surface area contributed by atoms with Gasteiger partial charge >= 0.3 is 0 Å². The zero-order valence-electron chi connectivity index (χ0n) is 14.0. The Morgan fingerprint density at radius 3 is 2.64 bits per heavy atom. The van der Waals surface area contributed by atoms with E-state index in [0.717, 1.165) is 36.2 Å². The van der Waals surface area contributed by atoms with E-state index in [1.165, 1.54) is 6.07 Å². The third kappa shape index (κ3) is 2.85. The van der Waals surface area contributed by atoms with Crippen molar-refractivity contribution in [2.24, 2.45) is 0 Å². The number of aromatic hydroxyl groups is 1. The molecule has 4 rings (SSSR count). The van der Waals surface area contributed by atoms with Crippen LogP contribution in [0.5, 0.6) is 5.75 Å². The van der Waals surface area contributed by atoms with Crippen molar-refractivity contribution in [2.45, 2.75) is 6.42 Å². The molecule has 4 heteroatoms. The largest absolute Gasteiger partial charge is 0.507 e. The lowest BCUT2D eigenvalue weighted by molar-refractivity contribution is 0.370. The molecule has 0 amide bonds. The number of fused-ring (bicyclic) bond motifs is 1. The molecule has 25 heavy (non-hydrogen) atoms. The van der Waals surface area contributed by atoms with E-state index in [-0.39, 0.29) is 16.6 Å². The lowest BCUT2D eigenvalue weighted by atomic mass is 9.97. The summed E-state index contributed by atoms with van der Waals surface area (Å²) in [6.45, 7) is 1.82. The summed E-state index contributed by atoms with van der Waals surface area (Å²) < 4.78 is 6.11. The highest BCUT2D eigenvalue weighted by molar-refractivity contribution is 5.94. The third-order valence-electron chi connectivity index (χ3n) is 4.67. The number of hydrogen-bond donors (Lipinski definition) is 1. The van der Waals surface area contributed by atoms with Gasteiger partial charge in [0.05, 0.1) is 0 Å². The van der Waals surface area contributed by atoms with E-state index in [2.05, 4.69) is 18.0 Å². The average molecular weight is 333 g/mol. The first-order valence-electron chi connectivity index (χ1n) is 8.36. The van der Waals surface area contributed by atoms with Crippen LogP contribution in [0.1, 0.15) is 12.0 Å². The molecule has 0 fully saturated rings. The van der Waals surface area contributed by atoms with Gasteiger partial charge in [-0.1, -0.05) is 36.4 Å². The normalized spacial score (nSPS) is 15.3.